The summed E-state index contributed by atoms with van der Waals surface area (Å²) in [6.07, 6.45) is 1.76. The van der Waals surface area contributed by atoms with Gasteiger partial charge in [-0.05, 0) is 41.8 Å². The number of hydrogen-bond acceptors (Lipinski definition) is 7. The predicted octanol–water partition coefficient (Wildman–Crippen LogP) is 3.34. The van der Waals surface area contributed by atoms with Crippen molar-refractivity contribution in [1.29, 1.82) is 0 Å². The second kappa shape index (κ2) is 11.5. The molecule has 0 spiro atoms. The summed E-state index contributed by atoms with van der Waals surface area (Å²) < 4.78 is 5.41. The number of ether oxygens (including phenoxy) is 1. The molecule has 2 aliphatic rings. The number of aromatic nitrogens is 2. The van der Waals surface area contributed by atoms with Gasteiger partial charge in [0.15, 0.2) is 0 Å². The van der Waals surface area contributed by atoms with Gasteiger partial charge in [0.25, 0.3) is 5.91 Å². The molecule has 2 fully saturated rings. The molecule has 36 heavy (non-hydrogen) atoms. The number of rotatable bonds is 8. The zero-order valence-corrected chi connectivity index (χ0v) is 21.4. The molecule has 2 amide bonds. The van der Waals surface area contributed by atoms with Gasteiger partial charge in [0.05, 0.1) is 19.3 Å². The first-order valence-corrected chi connectivity index (χ1v) is 13.3. The molecule has 1 N–H and O–H groups in total. The molecule has 3 aromatic rings. The molecular formula is C26H28ClN5O3S. The summed E-state index contributed by atoms with van der Waals surface area (Å²) in [7, 11) is 0. The normalized spacial score (nSPS) is 18.5. The van der Waals surface area contributed by atoms with Crippen LogP contribution < -0.4 is 10.2 Å². The highest BCUT2D eigenvalue weighted by Crippen LogP contribution is 2.23. The van der Waals surface area contributed by atoms with Crippen molar-refractivity contribution in [3.63, 3.8) is 0 Å². The Morgan fingerprint density at radius 1 is 1.03 bits per heavy atom. The molecule has 0 bridgehead atoms. The highest BCUT2D eigenvalue weighted by molar-refractivity contribution is 7.13. The largest absolute Gasteiger partial charge is 0.379 e. The zero-order valence-electron chi connectivity index (χ0n) is 19.9. The lowest BCUT2D eigenvalue weighted by atomic mass is 10.1. The first-order valence-electron chi connectivity index (χ1n) is 12.1. The van der Waals surface area contributed by atoms with E-state index in [2.05, 4.69) is 32.5 Å². The van der Waals surface area contributed by atoms with Crippen LogP contribution in [0, 0.1) is 0 Å². The number of halogens is 1. The third-order valence-corrected chi connectivity index (χ3v) is 7.65. The third-order valence-electron chi connectivity index (χ3n) is 6.42. The lowest BCUT2D eigenvalue weighted by molar-refractivity contribution is -0.117. The van der Waals surface area contributed by atoms with Gasteiger partial charge >= 0.3 is 0 Å². The molecule has 8 nitrogen and oxygen atoms in total. The summed E-state index contributed by atoms with van der Waals surface area (Å²) in [5.74, 6) is -0.284. The van der Waals surface area contributed by atoms with Crippen molar-refractivity contribution in [2.45, 2.75) is 31.8 Å². The van der Waals surface area contributed by atoms with Crippen LogP contribution in [0.1, 0.15) is 32.4 Å². The smallest absolute Gasteiger partial charge is 0.282 e. The molecule has 0 unspecified atom stereocenters. The highest BCUT2D eigenvalue weighted by atomic mass is 35.5. The number of aryl methyl sites for hydroxylation is 2. The molecule has 1 aromatic heterocycles. The van der Waals surface area contributed by atoms with E-state index in [0.29, 0.717) is 23.0 Å². The van der Waals surface area contributed by atoms with Gasteiger partial charge in [-0.3, -0.25) is 14.5 Å². The SMILES string of the molecule is O=C(N[C@H]1CC(=O)N(c2ccc(CN3CCOCC3)cc2)C1)c1nnc(CCc2ccc(Cl)cc2)s1. The summed E-state index contributed by atoms with van der Waals surface area (Å²) >= 11 is 7.22. The number of nitrogens with one attached hydrogen (secondary N) is 1. The van der Waals surface area contributed by atoms with Crippen molar-refractivity contribution in [2.24, 2.45) is 0 Å². The van der Waals surface area contributed by atoms with Gasteiger partial charge < -0.3 is 15.0 Å². The molecule has 3 heterocycles. The maximum Gasteiger partial charge on any atom is 0.282 e. The first-order chi connectivity index (χ1) is 17.5. The van der Waals surface area contributed by atoms with E-state index in [9.17, 15) is 9.59 Å². The summed E-state index contributed by atoms with van der Waals surface area (Å²) in [5.41, 5.74) is 3.21. The van der Waals surface area contributed by atoms with Crippen LogP contribution in [0.4, 0.5) is 5.69 Å². The lowest BCUT2D eigenvalue weighted by Gasteiger charge is -2.26. The lowest BCUT2D eigenvalue weighted by Crippen LogP contribution is -2.37. The number of nitrogens with zero attached hydrogens (tertiary/aromatic N) is 4. The number of benzene rings is 2. The van der Waals surface area contributed by atoms with E-state index < -0.39 is 0 Å². The standard InChI is InChI=1S/C26H28ClN5O3S/c27-20-6-1-18(2-7-20)5-10-23-29-30-26(36-23)25(34)28-21-15-24(33)32(17-21)22-8-3-19(4-9-22)16-31-11-13-35-14-12-31/h1-4,6-9,21H,5,10-17H2,(H,28,34)/t21-/m0/s1. The summed E-state index contributed by atoms with van der Waals surface area (Å²) in [6, 6.07) is 15.5. The van der Waals surface area contributed by atoms with Gasteiger partial charge in [0, 0.05) is 49.7 Å². The van der Waals surface area contributed by atoms with E-state index >= 15 is 0 Å². The number of anilines is 1. The molecule has 2 saturated heterocycles. The monoisotopic (exact) mass is 525 g/mol. The molecular weight excluding hydrogens is 498 g/mol. The van der Waals surface area contributed by atoms with Crippen LogP contribution in [0.3, 0.4) is 0 Å². The minimum atomic E-state index is -0.286. The van der Waals surface area contributed by atoms with Crippen LogP contribution in [0.2, 0.25) is 5.02 Å². The molecule has 188 valence electrons. The van der Waals surface area contributed by atoms with Gasteiger partial charge in [-0.15, -0.1) is 10.2 Å². The van der Waals surface area contributed by atoms with E-state index in [1.54, 1.807) is 4.90 Å². The van der Waals surface area contributed by atoms with Crippen LogP contribution in [0.5, 0.6) is 0 Å². The maximum absolute atomic E-state index is 12.7. The Hall–Kier alpha value is -2.85. The number of hydrogen-bond donors (Lipinski definition) is 1. The quantitative estimate of drug-likeness (QED) is 0.485. The van der Waals surface area contributed by atoms with E-state index in [4.69, 9.17) is 16.3 Å². The van der Waals surface area contributed by atoms with Crippen molar-refractivity contribution >= 4 is 40.4 Å². The van der Waals surface area contributed by atoms with Crippen LogP contribution in [-0.2, 0) is 28.9 Å². The average Bonchev–Trinajstić information content (AvgIpc) is 3.51. The summed E-state index contributed by atoms with van der Waals surface area (Å²) in [5, 5.41) is 13.0. The van der Waals surface area contributed by atoms with Gasteiger partial charge in [-0.1, -0.05) is 47.2 Å². The summed E-state index contributed by atoms with van der Waals surface area (Å²) in [6.45, 7) is 4.73. The average molecular weight is 526 g/mol. The number of carbonyl (C=O) groups excluding carboxylic acids is 2. The second-order valence-electron chi connectivity index (χ2n) is 9.06. The molecule has 0 aliphatic carbocycles. The minimum absolute atomic E-state index is 0.00199. The Morgan fingerprint density at radius 2 is 1.75 bits per heavy atom. The van der Waals surface area contributed by atoms with E-state index in [1.165, 1.54) is 16.9 Å². The highest BCUT2D eigenvalue weighted by Gasteiger charge is 2.32. The first kappa shape index (κ1) is 24.8. The van der Waals surface area contributed by atoms with Crippen LogP contribution in [0.25, 0.3) is 0 Å². The molecule has 0 saturated carbocycles. The van der Waals surface area contributed by atoms with Crippen molar-refractivity contribution in [1.82, 2.24) is 20.4 Å². The van der Waals surface area contributed by atoms with Gasteiger partial charge in [0.1, 0.15) is 5.01 Å². The van der Waals surface area contributed by atoms with Crippen LogP contribution in [-0.4, -0.2) is 65.8 Å². The Morgan fingerprint density at radius 3 is 2.50 bits per heavy atom. The van der Waals surface area contributed by atoms with Crippen LogP contribution >= 0.6 is 22.9 Å². The van der Waals surface area contributed by atoms with Crippen molar-refractivity contribution in [3.05, 3.63) is 74.7 Å². The Balaban J connectivity index is 1.12. The fourth-order valence-electron chi connectivity index (χ4n) is 4.45. The maximum atomic E-state index is 12.7. The number of carbonyl (C=O) groups is 2. The van der Waals surface area contributed by atoms with Gasteiger partial charge in [-0.25, -0.2) is 0 Å². The molecule has 1 atom stereocenters. The van der Waals surface area contributed by atoms with Crippen molar-refractivity contribution in [3.8, 4) is 0 Å². The fourth-order valence-corrected chi connectivity index (χ4v) is 5.32. The van der Waals surface area contributed by atoms with E-state index in [0.717, 1.165) is 55.5 Å². The zero-order chi connectivity index (χ0) is 24.9. The fraction of sp³-hybridized carbons (Fsp3) is 0.385. The number of amides is 2. The van der Waals surface area contributed by atoms with Crippen molar-refractivity contribution < 1.29 is 14.3 Å². The molecule has 10 heteroatoms. The molecule has 2 aromatic carbocycles. The Labute approximate surface area is 219 Å². The second-order valence-corrected chi connectivity index (χ2v) is 10.6. The molecule has 0 radical (unpaired) electrons. The minimum Gasteiger partial charge on any atom is -0.379 e. The topological polar surface area (TPSA) is 87.7 Å². The predicted molar refractivity (Wildman–Crippen MR) is 140 cm³/mol. The van der Waals surface area contributed by atoms with Crippen molar-refractivity contribution in [2.75, 3.05) is 37.7 Å². The molecule has 2 aliphatic heterocycles. The third kappa shape index (κ3) is 6.28. The number of morpholine rings is 1. The van der Waals surface area contributed by atoms with Crippen LogP contribution in [0.15, 0.2) is 48.5 Å². The van der Waals surface area contributed by atoms with Gasteiger partial charge in [0.2, 0.25) is 10.9 Å². The van der Waals surface area contributed by atoms with E-state index in [1.807, 2.05) is 36.4 Å². The Kier molecular flexibility index (Phi) is 7.91. The molecule has 5 rings (SSSR count). The van der Waals surface area contributed by atoms with Gasteiger partial charge in [-0.2, -0.15) is 0 Å². The Bertz CT molecular complexity index is 1200. The van der Waals surface area contributed by atoms with E-state index in [-0.39, 0.29) is 24.3 Å². The summed E-state index contributed by atoms with van der Waals surface area (Å²) in [4.78, 5) is 29.5.